The van der Waals surface area contributed by atoms with Crippen molar-refractivity contribution >= 4 is 47.4 Å². The minimum Gasteiger partial charge on any atom is -0.496 e. The molecule has 0 bridgehead atoms. The van der Waals surface area contributed by atoms with Gasteiger partial charge in [0.25, 0.3) is 0 Å². The Morgan fingerprint density at radius 3 is 2.67 bits per heavy atom. The van der Waals surface area contributed by atoms with E-state index in [4.69, 9.17) is 21.3 Å². The number of likely N-dealkylation sites (tertiary alicyclic amines) is 1. The van der Waals surface area contributed by atoms with Crippen molar-refractivity contribution in [3.63, 3.8) is 0 Å². The van der Waals surface area contributed by atoms with Gasteiger partial charge >= 0.3 is 0 Å². The van der Waals surface area contributed by atoms with E-state index < -0.39 is 0 Å². The number of guanidine groups is 1. The zero-order chi connectivity index (χ0) is 18.9. The van der Waals surface area contributed by atoms with Gasteiger partial charge in [-0.3, -0.25) is 4.79 Å². The van der Waals surface area contributed by atoms with Crippen molar-refractivity contribution in [3.8, 4) is 5.75 Å². The summed E-state index contributed by atoms with van der Waals surface area (Å²) in [5.41, 5.74) is 1.00. The first-order valence-corrected chi connectivity index (χ1v) is 9.51. The molecule has 1 saturated heterocycles. The summed E-state index contributed by atoms with van der Waals surface area (Å²) in [7, 11) is 3.33. The third-order valence-electron chi connectivity index (χ3n) is 4.65. The number of carbonyl (C=O) groups is 1. The van der Waals surface area contributed by atoms with E-state index in [9.17, 15) is 4.79 Å². The summed E-state index contributed by atoms with van der Waals surface area (Å²) in [5.74, 6) is 2.23. The summed E-state index contributed by atoms with van der Waals surface area (Å²) >= 11 is 6.03. The van der Waals surface area contributed by atoms with Gasteiger partial charge in [0.1, 0.15) is 5.75 Å². The minimum atomic E-state index is 0. The molecule has 6 nitrogen and oxygen atoms in total. The van der Waals surface area contributed by atoms with Gasteiger partial charge in [-0.05, 0) is 37.8 Å². The number of hydrogen-bond donors (Lipinski definition) is 2. The number of hydrogen-bond acceptors (Lipinski definition) is 3. The van der Waals surface area contributed by atoms with Crippen molar-refractivity contribution in [2.45, 2.75) is 32.7 Å². The lowest BCUT2D eigenvalue weighted by molar-refractivity contribution is -0.121. The van der Waals surface area contributed by atoms with E-state index in [1.54, 1.807) is 14.2 Å². The van der Waals surface area contributed by atoms with E-state index in [2.05, 4.69) is 22.5 Å². The number of aliphatic imine (C=N–C) groups is 1. The topological polar surface area (TPSA) is 66.0 Å². The highest BCUT2D eigenvalue weighted by atomic mass is 127. The quantitative estimate of drug-likeness (QED) is 0.352. The van der Waals surface area contributed by atoms with E-state index in [1.165, 1.54) is 0 Å². The normalized spacial score (nSPS) is 15.1. The van der Waals surface area contributed by atoms with Crippen molar-refractivity contribution < 1.29 is 9.53 Å². The molecule has 1 amide bonds. The number of nitrogens with one attached hydrogen (secondary N) is 2. The largest absolute Gasteiger partial charge is 0.496 e. The summed E-state index contributed by atoms with van der Waals surface area (Å²) < 4.78 is 5.40. The molecule has 152 valence electrons. The Kier molecular flexibility index (Phi) is 10.8. The van der Waals surface area contributed by atoms with Crippen LogP contribution >= 0.6 is 35.6 Å². The summed E-state index contributed by atoms with van der Waals surface area (Å²) in [6.07, 6.45) is 2.62. The van der Waals surface area contributed by atoms with Gasteiger partial charge < -0.3 is 20.3 Å². The van der Waals surface area contributed by atoms with Crippen molar-refractivity contribution in [2.24, 2.45) is 10.9 Å². The van der Waals surface area contributed by atoms with Crippen molar-refractivity contribution in [2.75, 3.05) is 33.8 Å². The van der Waals surface area contributed by atoms with E-state index in [0.717, 1.165) is 49.7 Å². The summed E-state index contributed by atoms with van der Waals surface area (Å²) in [4.78, 5) is 18.6. The Bertz CT molecular complexity index is 634. The highest BCUT2D eigenvalue weighted by molar-refractivity contribution is 14.0. The van der Waals surface area contributed by atoms with Crippen LogP contribution in [0, 0.1) is 5.92 Å². The molecular formula is C19H30ClIN4O2. The molecule has 1 aromatic rings. The van der Waals surface area contributed by atoms with Crippen LogP contribution in [0.2, 0.25) is 5.02 Å². The average Bonchev–Trinajstić information content (AvgIpc) is 2.66. The fourth-order valence-corrected chi connectivity index (χ4v) is 3.31. The second kappa shape index (κ2) is 12.3. The lowest BCUT2D eigenvalue weighted by Gasteiger charge is -2.34. The van der Waals surface area contributed by atoms with Crippen LogP contribution in [0.4, 0.5) is 0 Å². The molecule has 1 fully saturated rings. The van der Waals surface area contributed by atoms with Crippen LogP contribution in [0.5, 0.6) is 5.75 Å². The number of amides is 1. The number of carbonyl (C=O) groups excluding carboxylic acids is 1. The van der Waals surface area contributed by atoms with Crippen LogP contribution in [0.25, 0.3) is 0 Å². The number of methoxy groups -OCH3 is 1. The molecule has 0 saturated carbocycles. The zero-order valence-electron chi connectivity index (χ0n) is 16.3. The summed E-state index contributed by atoms with van der Waals surface area (Å²) in [6, 6.07) is 5.61. The third kappa shape index (κ3) is 7.37. The Labute approximate surface area is 184 Å². The van der Waals surface area contributed by atoms with Gasteiger partial charge in [-0.2, -0.15) is 0 Å². The summed E-state index contributed by atoms with van der Waals surface area (Å²) in [6.45, 7) is 5.23. The zero-order valence-corrected chi connectivity index (χ0v) is 19.3. The second-order valence-corrected chi connectivity index (χ2v) is 6.87. The van der Waals surface area contributed by atoms with Crippen LogP contribution in [-0.4, -0.2) is 50.6 Å². The van der Waals surface area contributed by atoms with Crippen LogP contribution < -0.4 is 15.4 Å². The fourth-order valence-electron chi connectivity index (χ4n) is 3.15. The van der Waals surface area contributed by atoms with Crippen LogP contribution in [0.3, 0.4) is 0 Å². The molecule has 1 heterocycles. The van der Waals surface area contributed by atoms with Crippen LogP contribution in [0.15, 0.2) is 23.2 Å². The van der Waals surface area contributed by atoms with Gasteiger partial charge in [-0.15, -0.1) is 24.0 Å². The Hall–Kier alpha value is -1.22. The van der Waals surface area contributed by atoms with Gasteiger partial charge in [0.15, 0.2) is 5.96 Å². The Balaban J connectivity index is 0.00000364. The SMILES string of the molecule is CCNC(=NCc1ccc(Cl)cc1OC)N1CCC(CC(=O)NC)CC1.I. The number of piperidine rings is 1. The summed E-state index contributed by atoms with van der Waals surface area (Å²) in [5, 5.41) is 6.73. The van der Waals surface area contributed by atoms with Gasteiger partial charge in [-0.1, -0.05) is 17.7 Å². The first-order chi connectivity index (χ1) is 12.6. The predicted octanol–water partition coefficient (Wildman–Crippen LogP) is 3.28. The maximum atomic E-state index is 11.6. The Morgan fingerprint density at radius 1 is 1.37 bits per heavy atom. The van der Waals surface area contributed by atoms with Gasteiger partial charge in [0.05, 0.1) is 13.7 Å². The van der Waals surface area contributed by atoms with Crippen molar-refractivity contribution in [1.82, 2.24) is 15.5 Å². The lowest BCUT2D eigenvalue weighted by atomic mass is 9.93. The number of halogens is 2. The van der Waals surface area contributed by atoms with Gasteiger partial charge in [0, 0.05) is 43.7 Å². The molecule has 27 heavy (non-hydrogen) atoms. The molecule has 0 spiro atoms. The lowest BCUT2D eigenvalue weighted by Crippen LogP contribution is -2.46. The van der Waals surface area contributed by atoms with E-state index in [-0.39, 0.29) is 29.9 Å². The van der Waals surface area contributed by atoms with E-state index in [0.29, 0.717) is 23.9 Å². The molecule has 0 aromatic heterocycles. The van der Waals surface area contributed by atoms with Crippen molar-refractivity contribution in [1.29, 1.82) is 0 Å². The predicted molar refractivity (Wildman–Crippen MR) is 121 cm³/mol. The molecule has 0 aliphatic carbocycles. The monoisotopic (exact) mass is 508 g/mol. The number of benzene rings is 1. The third-order valence-corrected chi connectivity index (χ3v) is 4.89. The van der Waals surface area contributed by atoms with Crippen LogP contribution in [0.1, 0.15) is 31.7 Å². The van der Waals surface area contributed by atoms with Crippen molar-refractivity contribution in [3.05, 3.63) is 28.8 Å². The molecule has 1 aromatic carbocycles. The van der Waals surface area contributed by atoms with Gasteiger partial charge in [0.2, 0.25) is 5.91 Å². The minimum absolute atomic E-state index is 0. The highest BCUT2D eigenvalue weighted by Crippen LogP contribution is 2.24. The standard InChI is InChI=1S/C19H29ClN4O2.HI/c1-4-22-19(23-13-15-5-6-16(20)12-17(15)26-3)24-9-7-14(8-10-24)11-18(25)21-2;/h5-6,12,14H,4,7-11,13H2,1-3H3,(H,21,25)(H,22,23);1H. The molecule has 2 rings (SSSR count). The average molecular weight is 509 g/mol. The number of rotatable bonds is 6. The van der Waals surface area contributed by atoms with E-state index in [1.807, 2.05) is 18.2 Å². The Morgan fingerprint density at radius 2 is 2.07 bits per heavy atom. The number of ether oxygens (including phenoxy) is 1. The van der Waals surface area contributed by atoms with Gasteiger partial charge in [-0.25, -0.2) is 4.99 Å². The fraction of sp³-hybridized carbons (Fsp3) is 0.579. The van der Waals surface area contributed by atoms with Crippen LogP contribution in [-0.2, 0) is 11.3 Å². The molecule has 0 unspecified atom stereocenters. The maximum absolute atomic E-state index is 11.6. The van der Waals surface area contributed by atoms with E-state index >= 15 is 0 Å². The molecule has 2 N–H and O–H groups in total. The molecule has 1 aliphatic heterocycles. The molecule has 8 heteroatoms. The molecule has 1 aliphatic rings. The highest BCUT2D eigenvalue weighted by Gasteiger charge is 2.23. The molecule has 0 atom stereocenters. The first kappa shape index (κ1) is 23.8. The molecular weight excluding hydrogens is 479 g/mol. The molecule has 0 radical (unpaired) electrons. The smallest absolute Gasteiger partial charge is 0.220 e. The second-order valence-electron chi connectivity index (χ2n) is 6.43. The first-order valence-electron chi connectivity index (χ1n) is 9.13. The number of nitrogens with zero attached hydrogens (tertiary/aromatic N) is 2. The maximum Gasteiger partial charge on any atom is 0.220 e.